The quantitative estimate of drug-likeness (QED) is 0.851. The van der Waals surface area contributed by atoms with E-state index in [1.165, 1.54) is 49.4 Å². The highest BCUT2D eigenvalue weighted by Gasteiger charge is 2.30. The summed E-state index contributed by atoms with van der Waals surface area (Å²) in [5.74, 6) is -1.38. The SMILES string of the molecule is CC(C)(C(=O)O)n1cc(NC(=O)c2ccnnc2)cn1. The van der Waals surface area contributed by atoms with Crippen molar-refractivity contribution in [1.29, 1.82) is 0 Å². The molecule has 0 bridgehead atoms. The number of aromatic nitrogens is 4. The van der Waals surface area contributed by atoms with Crippen molar-refractivity contribution in [2.24, 2.45) is 0 Å². The van der Waals surface area contributed by atoms with E-state index >= 15 is 0 Å². The number of carbonyl (C=O) groups excluding carboxylic acids is 1. The second kappa shape index (κ2) is 5.08. The van der Waals surface area contributed by atoms with E-state index in [1.54, 1.807) is 0 Å². The minimum absolute atomic E-state index is 0.352. The predicted molar refractivity (Wildman–Crippen MR) is 69.2 cm³/mol. The number of carbonyl (C=O) groups is 2. The lowest BCUT2D eigenvalue weighted by Crippen LogP contribution is -2.35. The molecule has 2 rings (SSSR count). The lowest BCUT2D eigenvalue weighted by molar-refractivity contribution is -0.146. The fourth-order valence-corrected chi connectivity index (χ4v) is 1.42. The van der Waals surface area contributed by atoms with Gasteiger partial charge in [-0.3, -0.25) is 9.48 Å². The Morgan fingerprint density at radius 3 is 2.65 bits per heavy atom. The first-order valence-corrected chi connectivity index (χ1v) is 5.78. The van der Waals surface area contributed by atoms with E-state index < -0.39 is 11.5 Å². The fourth-order valence-electron chi connectivity index (χ4n) is 1.42. The van der Waals surface area contributed by atoms with Crippen LogP contribution in [-0.2, 0) is 10.3 Å². The van der Waals surface area contributed by atoms with Gasteiger partial charge in [0.25, 0.3) is 5.91 Å². The molecule has 2 N–H and O–H groups in total. The average Bonchev–Trinajstić information content (AvgIpc) is 2.88. The molecule has 0 aliphatic rings. The van der Waals surface area contributed by atoms with Crippen molar-refractivity contribution in [1.82, 2.24) is 20.0 Å². The Bertz CT molecular complexity index is 636. The lowest BCUT2D eigenvalue weighted by atomic mass is 10.1. The number of rotatable bonds is 4. The van der Waals surface area contributed by atoms with Crippen LogP contribution in [0.2, 0.25) is 0 Å². The summed E-state index contributed by atoms with van der Waals surface area (Å²) in [6.45, 7) is 3.03. The molecule has 0 aromatic carbocycles. The number of anilines is 1. The third kappa shape index (κ3) is 2.63. The van der Waals surface area contributed by atoms with Gasteiger partial charge in [-0.1, -0.05) is 0 Å². The molecule has 1 amide bonds. The molecule has 2 heterocycles. The second-order valence-corrected chi connectivity index (χ2v) is 4.62. The lowest BCUT2D eigenvalue weighted by Gasteiger charge is -2.19. The van der Waals surface area contributed by atoms with Crippen LogP contribution >= 0.6 is 0 Å². The summed E-state index contributed by atoms with van der Waals surface area (Å²) >= 11 is 0. The van der Waals surface area contributed by atoms with Crippen LogP contribution in [0.15, 0.2) is 30.9 Å². The Labute approximate surface area is 114 Å². The van der Waals surface area contributed by atoms with E-state index in [-0.39, 0.29) is 5.91 Å². The zero-order valence-corrected chi connectivity index (χ0v) is 10.9. The van der Waals surface area contributed by atoms with Gasteiger partial charge in [-0.25, -0.2) is 4.79 Å². The first-order chi connectivity index (χ1) is 9.41. The molecule has 8 nitrogen and oxygen atoms in total. The van der Waals surface area contributed by atoms with E-state index in [1.807, 2.05) is 0 Å². The summed E-state index contributed by atoms with van der Waals surface area (Å²) in [7, 11) is 0. The standard InChI is InChI=1S/C12H13N5O3/c1-12(2,11(19)20)17-7-9(6-15-17)16-10(18)8-3-4-13-14-5-8/h3-7H,1-2H3,(H,16,18)(H,19,20). The molecule has 0 saturated heterocycles. The van der Waals surface area contributed by atoms with Crippen molar-refractivity contribution in [3.8, 4) is 0 Å². The third-order valence-corrected chi connectivity index (χ3v) is 2.78. The highest BCUT2D eigenvalue weighted by molar-refractivity contribution is 6.03. The summed E-state index contributed by atoms with van der Waals surface area (Å²) in [5, 5.41) is 22.8. The number of carboxylic acid groups (broad SMARTS) is 1. The number of hydrogen-bond donors (Lipinski definition) is 2. The van der Waals surface area contributed by atoms with Gasteiger partial charge < -0.3 is 10.4 Å². The van der Waals surface area contributed by atoms with Gasteiger partial charge in [0.2, 0.25) is 0 Å². The van der Waals surface area contributed by atoms with Crippen molar-refractivity contribution in [2.75, 3.05) is 5.32 Å². The molecule has 2 aromatic rings. The predicted octanol–water partition coefficient (Wildman–Crippen LogP) is 0.745. The van der Waals surface area contributed by atoms with Crippen LogP contribution in [0.4, 0.5) is 5.69 Å². The second-order valence-electron chi connectivity index (χ2n) is 4.62. The Balaban J connectivity index is 2.15. The summed E-state index contributed by atoms with van der Waals surface area (Å²) in [4.78, 5) is 23.0. The molecule has 0 spiro atoms. The van der Waals surface area contributed by atoms with Gasteiger partial charge in [0.1, 0.15) is 0 Å². The number of amides is 1. The van der Waals surface area contributed by atoms with Crippen LogP contribution in [0.1, 0.15) is 24.2 Å². The van der Waals surface area contributed by atoms with Gasteiger partial charge >= 0.3 is 5.97 Å². The highest BCUT2D eigenvalue weighted by Crippen LogP contribution is 2.17. The molecule has 0 unspecified atom stereocenters. The van der Waals surface area contributed by atoms with Crippen LogP contribution < -0.4 is 5.32 Å². The molecule has 0 aliphatic heterocycles. The number of nitrogens with one attached hydrogen (secondary N) is 1. The summed E-state index contributed by atoms with van der Waals surface area (Å²) in [5.41, 5.74) is -0.437. The van der Waals surface area contributed by atoms with Gasteiger partial charge in [0.05, 0.1) is 29.8 Å². The van der Waals surface area contributed by atoms with Crippen LogP contribution in [-0.4, -0.2) is 37.0 Å². The zero-order chi connectivity index (χ0) is 14.8. The molecule has 20 heavy (non-hydrogen) atoms. The molecular weight excluding hydrogens is 262 g/mol. The third-order valence-electron chi connectivity index (χ3n) is 2.78. The molecule has 0 aliphatic carbocycles. The van der Waals surface area contributed by atoms with E-state index in [0.29, 0.717) is 11.3 Å². The maximum Gasteiger partial charge on any atom is 0.331 e. The van der Waals surface area contributed by atoms with Crippen LogP contribution in [0, 0.1) is 0 Å². The number of hydrogen-bond acceptors (Lipinski definition) is 5. The van der Waals surface area contributed by atoms with Crippen molar-refractivity contribution >= 4 is 17.6 Å². The van der Waals surface area contributed by atoms with Crippen molar-refractivity contribution in [3.63, 3.8) is 0 Å². The Morgan fingerprint density at radius 1 is 1.30 bits per heavy atom. The number of nitrogens with zero attached hydrogens (tertiary/aromatic N) is 4. The molecule has 0 radical (unpaired) electrons. The maximum absolute atomic E-state index is 11.9. The molecule has 2 aromatic heterocycles. The molecule has 0 saturated carbocycles. The molecular formula is C12H13N5O3. The smallest absolute Gasteiger partial charge is 0.331 e. The highest BCUT2D eigenvalue weighted by atomic mass is 16.4. The van der Waals surface area contributed by atoms with Crippen molar-refractivity contribution < 1.29 is 14.7 Å². The monoisotopic (exact) mass is 275 g/mol. The molecule has 0 fully saturated rings. The Morgan fingerprint density at radius 2 is 2.05 bits per heavy atom. The van der Waals surface area contributed by atoms with E-state index in [0.717, 1.165) is 0 Å². The van der Waals surface area contributed by atoms with E-state index in [2.05, 4.69) is 20.6 Å². The van der Waals surface area contributed by atoms with Crippen LogP contribution in [0.3, 0.4) is 0 Å². The van der Waals surface area contributed by atoms with Crippen molar-refractivity contribution in [3.05, 3.63) is 36.4 Å². The zero-order valence-electron chi connectivity index (χ0n) is 10.9. The summed E-state index contributed by atoms with van der Waals surface area (Å²) in [6, 6.07) is 1.52. The Hall–Kier alpha value is -2.77. The van der Waals surface area contributed by atoms with Crippen molar-refractivity contribution in [2.45, 2.75) is 19.4 Å². The van der Waals surface area contributed by atoms with Crippen LogP contribution in [0.25, 0.3) is 0 Å². The van der Waals surface area contributed by atoms with Gasteiger partial charge in [-0.05, 0) is 19.9 Å². The summed E-state index contributed by atoms with van der Waals surface area (Å²) < 4.78 is 1.27. The van der Waals surface area contributed by atoms with E-state index in [4.69, 9.17) is 5.11 Å². The first-order valence-electron chi connectivity index (χ1n) is 5.78. The maximum atomic E-state index is 11.9. The normalized spacial score (nSPS) is 11.1. The van der Waals surface area contributed by atoms with Gasteiger partial charge in [-0.15, -0.1) is 0 Å². The molecule has 104 valence electrons. The van der Waals surface area contributed by atoms with Gasteiger partial charge in [-0.2, -0.15) is 15.3 Å². The summed E-state index contributed by atoms with van der Waals surface area (Å²) in [6.07, 6.45) is 5.59. The first kappa shape index (κ1) is 13.7. The topological polar surface area (TPSA) is 110 Å². The minimum atomic E-state index is -1.19. The van der Waals surface area contributed by atoms with Gasteiger partial charge in [0, 0.05) is 6.20 Å². The molecule has 8 heteroatoms. The molecule has 0 atom stereocenters. The van der Waals surface area contributed by atoms with Crippen LogP contribution in [0.5, 0.6) is 0 Å². The van der Waals surface area contributed by atoms with Gasteiger partial charge in [0.15, 0.2) is 5.54 Å². The fraction of sp³-hybridized carbons (Fsp3) is 0.250. The minimum Gasteiger partial charge on any atom is -0.479 e. The van der Waals surface area contributed by atoms with E-state index in [9.17, 15) is 9.59 Å². The number of carboxylic acids is 1. The number of aliphatic carboxylic acids is 1. The largest absolute Gasteiger partial charge is 0.479 e. The Kier molecular flexibility index (Phi) is 3.47. The average molecular weight is 275 g/mol.